The summed E-state index contributed by atoms with van der Waals surface area (Å²) in [5.74, 6) is 4.63. The van der Waals surface area contributed by atoms with Crippen LogP contribution in [-0.4, -0.2) is 55.1 Å². The van der Waals surface area contributed by atoms with Gasteiger partial charge in [-0.3, -0.25) is 0 Å². The lowest BCUT2D eigenvalue weighted by Crippen LogP contribution is -2.40. The first-order valence-corrected chi connectivity index (χ1v) is 16.8. The standard InChI is InChI=1S/C36H53N3O4/c1-25-7-9-27(10-8-25)35(37-3)26(2)6-4-22-41-31-17-11-28(12-18-31)36-39-33-20-19-32(24-34(33)43-36)42-23-5-21-38-29-13-15-30(40)16-14-29/h11-12,17-20,24-27,29-30,35,37-38,40H,4-10,13-16,21-23H2,1-3H3. The van der Waals surface area contributed by atoms with Gasteiger partial charge in [0.25, 0.3) is 0 Å². The van der Waals surface area contributed by atoms with Gasteiger partial charge in [-0.1, -0.05) is 26.7 Å². The van der Waals surface area contributed by atoms with Crippen LogP contribution >= 0.6 is 0 Å². The number of ether oxygens (including phenoxy) is 2. The number of rotatable bonds is 15. The van der Waals surface area contributed by atoms with Gasteiger partial charge in [0.1, 0.15) is 17.0 Å². The maximum Gasteiger partial charge on any atom is 0.227 e. The largest absolute Gasteiger partial charge is 0.494 e. The Kier molecular flexibility index (Phi) is 11.8. The van der Waals surface area contributed by atoms with Crippen molar-refractivity contribution in [3.05, 3.63) is 42.5 Å². The summed E-state index contributed by atoms with van der Waals surface area (Å²) in [7, 11) is 2.13. The van der Waals surface area contributed by atoms with E-state index in [4.69, 9.17) is 13.9 Å². The van der Waals surface area contributed by atoms with Crippen LogP contribution in [0.2, 0.25) is 0 Å². The molecule has 3 aromatic rings. The maximum atomic E-state index is 9.65. The third-order valence-corrected chi connectivity index (χ3v) is 9.77. The number of aliphatic hydroxyl groups excluding tert-OH is 1. The minimum absolute atomic E-state index is 0.109. The lowest BCUT2D eigenvalue weighted by molar-refractivity contribution is 0.116. The lowest BCUT2D eigenvalue weighted by atomic mass is 9.75. The van der Waals surface area contributed by atoms with Gasteiger partial charge in [-0.15, -0.1) is 0 Å². The zero-order valence-corrected chi connectivity index (χ0v) is 26.5. The van der Waals surface area contributed by atoms with E-state index < -0.39 is 0 Å². The minimum atomic E-state index is -0.109. The Bertz CT molecular complexity index is 1230. The van der Waals surface area contributed by atoms with Crippen molar-refractivity contribution in [2.24, 2.45) is 17.8 Å². The number of aromatic nitrogens is 1. The molecule has 5 rings (SSSR count). The Hall–Kier alpha value is -2.61. The molecule has 2 saturated carbocycles. The van der Waals surface area contributed by atoms with Crippen LogP contribution in [0.15, 0.2) is 46.9 Å². The molecule has 2 aromatic carbocycles. The topological polar surface area (TPSA) is 88.8 Å². The van der Waals surface area contributed by atoms with Crippen LogP contribution in [-0.2, 0) is 0 Å². The van der Waals surface area contributed by atoms with Gasteiger partial charge in [0, 0.05) is 23.7 Å². The third kappa shape index (κ3) is 9.19. The summed E-state index contributed by atoms with van der Waals surface area (Å²) in [6.45, 7) is 7.09. The first-order valence-electron chi connectivity index (χ1n) is 16.8. The van der Waals surface area contributed by atoms with Crippen molar-refractivity contribution in [1.82, 2.24) is 15.6 Å². The van der Waals surface area contributed by atoms with Crippen molar-refractivity contribution in [2.75, 3.05) is 26.8 Å². The highest BCUT2D eigenvalue weighted by Gasteiger charge is 2.28. The van der Waals surface area contributed by atoms with Gasteiger partial charge in [-0.2, -0.15) is 0 Å². The predicted molar refractivity (Wildman–Crippen MR) is 174 cm³/mol. The van der Waals surface area contributed by atoms with E-state index in [0.29, 0.717) is 30.5 Å². The molecule has 2 aliphatic rings. The van der Waals surface area contributed by atoms with Gasteiger partial charge < -0.3 is 29.6 Å². The number of hydrogen-bond acceptors (Lipinski definition) is 7. The Morgan fingerprint density at radius 2 is 1.60 bits per heavy atom. The zero-order chi connectivity index (χ0) is 30.0. The molecule has 7 heteroatoms. The van der Waals surface area contributed by atoms with E-state index in [9.17, 15) is 5.11 Å². The molecule has 0 saturated heterocycles. The molecule has 2 aliphatic carbocycles. The van der Waals surface area contributed by atoms with E-state index in [-0.39, 0.29) is 6.10 Å². The van der Waals surface area contributed by atoms with Gasteiger partial charge in [0.2, 0.25) is 5.89 Å². The fourth-order valence-electron chi connectivity index (χ4n) is 7.06. The smallest absolute Gasteiger partial charge is 0.227 e. The van der Waals surface area contributed by atoms with E-state index in [1.807, 2.05) is 42.5 Å². The molecule has 2 unspecified atom stereocenters. The second kappa shape index (κ2) is 15.9. The van der Waals surface area contributed by atoms with Crippen LogP contribution in [0.3, 0.4) is 0 Å². The van der Waals surface area contributed by atoms with Crippen molar-refractivity contribution in [3.8, 4) is 23.0 Å². The Morgan fingerprint density at radius 1 is 0.907 bits per heavy atom. The van der Waals surface area contributed by atoms with Crippen LogP contribution < -0.4 is 20.1 Å². The average Bonchev–Trinajstić information content (AvgIpc) is 3.45. The van der Waals surface area contributed by atoms with Crippen molar-refractivity contribution in [3.63, 3.8) is 0 Å². The van der Waals surface area contributed by atoms with Gasteiger partial charge in [-0.05, 0) is 126 Å². The summed E-state index contributed by atoms with van der Waals surface area (Å²) in [6, 6.07) is 15.0. The van der Waals surface area contributed by atoms with Gasteiger partial charge in [-0.25, -0.2) is 4.98 Å². The van der Waals surface area contributed by atoms with Gasteiger partial charge in [0.15, 0.2) is 5.58 Å². The second-order valence-corrected chi connectivity index (χ2v) is 13.1. The first-order chi connectivity index (χ1) is 21.0. The van der Waals surface area contributed by atoms with Gasteiger partial charge in [0.05, 0.1) is 19.3 Å². The summed E-state index contributed by atoms with van der Waals surface area (Å²) in [4.78, 5) is 4.69. The maximum absolute atomic E-state index is 9.65. The minimum Gasteiger partial charge on any atom is -0.494 e. The quantitative estimate of drug-likeness (QED) is 0.159. The highest BCUT2D eigenvalue weighted by molar-refractivity contribution is 5.77. The fraction of sp³-hybridized carbons (Fsp3) is 0.639. The molecule has 0 spiro atoms. The number of nitrogens with one attached hydrogen (secondary N) is 2. The molecule has 0 bridgehead atoms. The number of oxazole rings is 1. The van der Waals surface area contributed by atoms with Crippen molar-refractivity contribution < 1.29 is 19.0 Å². The number of aliphatic hydroxyl groups is 1. The Balaban J connectivity index is 1.03. The van der Waals surface area contributed by atoms with E-state index in [2.05, 4.69) is 36.5 Å². The summed E-state index contributed by atoms with van der Waals surface area (Å²) in [5.41, 5.74) is 2.48. The highest BCUT2D eigenvalue weighted by atomic mass is 16.5. The molecule has 1 heterocycles. The van der Waals surface area contributed by atoms with Crippen LogP contribution in [0.1, 0.15) is 84.5 Å². The van der Waals surface area contributed by atoms with Crippen LogP contribution in [0.4, 0.5) is 0 Å². The molecule has 43 heavy (non-hydrogen) atoms. The molecule has 0 amide bonds. The summed E-state index contributed by atoms with van der Waals surface area (Å²) in [5, 5.41) is 16.9. The molecular weight excluding hydrogens is 538 g/mol. The van der Waals surface area contributed by atoms with Crippen molar-refractivity contribution in [2.45, 2.75) is 103 Å². The predicted octanol–water partition coefficient (Wildman–Crippen LogP) is 7.37. The molecule has 2 fully saturated rings. The van der Waals surface area contributed by atoms with Crippen molar-refractivity contribution >= 4 is 11.1 Å². The molecule has 0 radical (unpaired) electrons. The molecule has 1 aromatic heterocycles. The summed E-state index contributed by atoms with van der Waals surface area (Å²) < 4.78 is 18.2. The Labute approximate surface area is 258 Å². The number of fused-ring (bicyclic) bond motifs is 1. The van der Waals surface area contributed by atoms with E-state index in [1.165, 1.54) is 32.1 Å². The summed E-state index contributed by atoms with van der Waals surface area (Å²) >= 11 is 0. The molecule has 7 nitrogen and oxygen atoms in total. The second-order valence-electron chi connectivity index (χ2n) is 13.1. The lowest BCUT2D eigenvalue weighted by Gasteiger charge is -2.36. The third-order valence-electron chi connectivity index (χ3n) is 9.77. The SMILES string of the molecule is CNC(C(C)CCCOc1ccc(-c2nc3ccc(OCCCNC4CCC(O)CC4)cc3o2)cc1)C1CCC(C)CC1. The number of nitrogens with zero attached hydrogens (tertiary/aromatic N) is 1. The molecule has 236 valence electrons. The van der Waals surface area contributed by atoms with Crippen LogP contribution in [0.25, 0.3) is 22.6 Å². The highest BCUT2D eigenvalue weighted by Crippen LogP contribution is 2.34. The van der Waals surface area contributed by atoms with Gasteiger partial charge >= 0.3 is 0 Å². The molecule has 2 atom stereocenters. The first kappa shape index (κ1) is 31.8. The van der Waals surface area contributed by atoms with E-state index >= 15 is 0 Å². The van der Waals surface area contributed by atoms with Crippen LogP contribution in [0, 0.1) is 17.8 Å². The van der Waals surface area contributed by atoms with E-state index in [0.717, 1.165) is 91.7 Å². The summed E-state index contributed by atoms with van der Waals surface area (Å²) in [6.07, 6.45) is 12.4. The molecular formula is C36H53N3O4. The molecule has 3 N–H and O–H groups in total. The number of benzene rings is 2. The number of hydrogen-bond donors (Lipinski definition) is 3. The average molecular weight is 592 g/mol. The molecule has 0 aliphatic heterocycles. The van der Waals surface area contributed by atoms with Crippen molar-refractivity contribution in [1.29, 1.82) is 0 Å². The fourth-order valence-corrected chi connectivity index (χ4v) is 7.06. The van der Waals surface area contributed by atoms with E-state index in [1.54, 1.807) is 0 Å². The van der Waals surface area contributed by atoms with Crippen LogP contribution in [0.5, 0.6) is 11.5 Å². The zero-order valence-electron chi connectivity index (χ0n) is 26.5. The Morgan fingerprint density at radius 3 is 2.35 bits per heavy atom. The monoisotopic (exact) mass is 591 g/mol. The normalized spacial score (nSPS) is 24.1.